The molecule has 0 aliphatic carbocycles. The fourth-order valence-corrected chi connectivity index (χ4v) is 2.99. The summed E-state index contributed by atoms with van der Waals surface area (Å²) in [5.74, 6) is 0. The van der Waals surface area contributed by atoms with Gasteiger partial charge in [-0.15, -0.1) is 5.11 Å². The Balaban J connectivity index is 1.64. The van der Waals surface area contributed by atoms with Gasteiger partial charge >= 0.3 is 0 Å². The van der Waals surface area contributed by atoms with Crippen molar-refractivity contribution >= 4 is 33.5 Å². The highest BCUT2D eigenvalue weighted by Crippen LogP contribution is 2.34. The second-order valence-electron chi connectivity index (χ2n) is 6.12. The minimum Gasteiger partial charge on any atom is -0.383 e. The van der Waals surface area contributed by atoms with Gasteiger partial charge in [0.15, 0.2) is 0 Å². The Morgan fingerprint density at radius 2 is 1.85 bits per heavy atom. The van der Waals surface area contributed by atoms with E-state index in [1.54, 1.807) is 0 Å². The van der Waals surface area contributed by atoms with E-state index < -0.39 is 0 Å². The van der Waals surface area contributed by atoms with Gasteiger partial charge in [-0.3, -0.25) is 0 Å². The van der Waals surface area contributed by atoms with Gasteiger partial charge in [-0.2, -0.15) is 15.3 Å². The van der Waals surface area contributed by atoms with Crippen LogP contribution in [0.15, 0.2) is 75.1 Å². The number of rotatable bonds is 6. The van der Waals surface area contributed by atoms with Gasteiger partial charge in [0.1, 0.15) is 0 Å². The Labute approximate surface area is 152 Å². The molecule has 0 fully saturated rings. The summed E-state index contributed by atoms with van der Waals surface area (Å²) in [6.45, 7) is 2.43. The van der Waals surface area contributed by atoms with Crippen LogP contribution in [-0.2, 0) is 6.54 Å². The zero-order valence-electron chi connectivity index (χ0n) is 14.6. The van der Waals surface area contributed by atoms with Crippen LogP contribution >= 0.6 is 0 Å². The van der Waals surface area contributed by atoms with Gasteiger partial charge in [-0.05, 0) is 31.3 Å². The molecule has 0 bridgehead atoms. The maximum Gasteiger partial charge on any atom is 0.0936 e. The van der Waals surface area contributed by atoms with Crippen LogP contribution < -0.4 is 10.6 Å². The lowest BCUT2D eigenvalue weighted by molar-refractivity contribution is 0.824. The summed E-state index contributed by atoms with van der Waals surface area (Å²) < 4.78 is 0. The van der Waals surface area contributed by atoms with Crippen molar-refractivity contribution in [1.82, 2.24) is 5.32 Å². The van der Waals surface area contributed by atoms with Crippen LogP contribution in [0.1, 0.15) is 5.56 Å². The lowest BCUT2D eigenvalue weighted by Crippen LogP contribution is -2.17. The van der Waals surface area contributed by atoms with Gasteiger partial charge in [-0.1, -0.05) is 30.3 Å². The maximum atomic E-state index is 4.48. The SMILES string of the molecule is CNCCNc1ccc(/N=N/c2ccc3c(c2)N=NC3)c2ccccc12. The Bertz CT molecular complexity index is 993. The van der Waals surface area contributed by atoms with E-state index in [0.717, 1.165) is 52.2 Å². The molecule has 0 spiro atoms. The minimum absolute atomic E-state index is 0.652. The highest BCUT2D eigenvalue weighted by atomic mass is 15.1. The first-order chi connectivity index (χ1) is 12.8. The maximum absolute atomic E-state index is 4.48. The van der Waals surface area contributed by atoms with Crippen molar-refractivity contribution < 1.29 is 0 Å². The molecule has 3 aromatic rings. The first-order valence-electron chi connectivity index (χ1n) is 8.67. The van der Waals surface area contributed by atoms with Crippen molar-refractivity contribution in [2.75, 3.05) is 25.5 Å². The molecule has 0 unspecified atom stereocenters. The second kappa shape index (κ2) is 7.41. The van der Waals surface area contributed by atoms with E-state index in [0.29, 0.717) is 6.54 Å². The summed E-state index contributed by atoms with van der Waals surface area (Å²) in [7, 11) is 1.95. The van der Waals surface area contributed by atoms with Gasteiger partial charge in [0.05, 0.1) is 23.6 Å². The number of nitrogens with zero attached hydrogens (tertiary/aromatic N) is 4. The van der Waals surface area contributed by atoms with Crippen molar-refractivity contribution in [3.8, 4) is 0 Å². The summed E-state index contributed by atoms with van der Waals surface area (Å²) in [5, 5.41) is 25.9. The van der Waals surface area contributed by atoms with Crippen LogP contribution in [0.3, 0.4) is 0 Å². The highest BCUT2D eigenvalue weighted by Gasteiger charge is 2.08. The smallest absolute Gasteiger partial charge is 0.0936 e. The van der Waals surface area contributed by atoms with Crippen LogP contribution in [0, 0.1) is 0 Å². The summed E-state index contributed by atoms with van der Waals surface area (Å²) in [4.78, 5) is 0. The zero-order chi connectivity index (χ0) is 17.8. The summed E-state index contributed by atoms with van der Waals surface area (Å²) in [5.41, 5.74) is 4.75. The number of fused-ring (bicyclic) bond motifs is 2. The monoisotopic (exact) mass is 344 g/mol. The predicted octanol–water partition coefficient (Wildman–Crippen LogP) is 5.48. The third-order valence-electron chi connectivity index (χ3n) is 4.35. The average molecular weight is 344 g/mol. The van der Waals surface area contributed by atoms with Gasteiger partial charge < -0.3 is 10.6 Å². The molecule has 6 heteroatoms. The van der Waals surface area contributed by atoms with Crippen LogP contribution in [0.4, 0.5) is 22.7 Å². The molecule has 6 nitrogen and oxygen atoms in total. The zero-order valence-corrected chi connectivity index (χ0v) is 14.6. The largest absolute Gasteiger partial charge is 0.383 e. The molecule has 0 amide bonds. The normalized spacial score (nSPS) is 12.8. The van der Waals surface area contributed by atoms with Crippen molar-refractivity contribution in [2.45, 2.75) is 6.54 Å². The number of hydrogen-bond acceptors (Lipinski definition) is 6. The topological polar surface area (TPSA) is 73.5 Å². The standard InChI is InChI=1S/C20H20N6/c1-21-10-11-22-18-8-9-19(17-5-3-2-4-16(17)18)26-24-15-7-6-14-13-23-25-20(14)12-15/h2-9,12,21-22H,10-11,13H2,1H3/b26-24+. The fourth-order valence-electron chi connectivity index (χ4n) is 2.99. The first-order valence-corrected chi connectivity index (χ1v) is 8.67. The lowest BCUT2D eigenvalue weighted by atomic mass is 10.1. The molecule has 0 saturated carbocycles. The number of nitrogens with one attached hydrogen (secondary N) is 2. The third-order valence-corrected chi connectivity index (χ3v) is 4.35. The van der Waals surface area contributed by atoms with Gasteiger partial charge in [0.2, 0.25) is 0 Å². The molecule has 0 atom stereocenters. The van der Waals surface area contributed by atoms with Crippen molar-refractivity contribution in [3.05, 3.63) is 60.2 Å². The van der Waals surface area contributed by atoms with Crippen LogP contribution in [0.5, 0.6) is 0 Å². The molecular weight excluding hydrogens is 324 g/mol. The van der Waals surface area contributed by atoms with E-state index in [9.17, 15) is 0 Å². The van der Waals surface area contributed by atoms with E-state index in [1.807, 2.05) is 43.4 Å². The van der Waals surface area contributed by atoms with Crippen LogP contribution in [-0.4, -0.2) is 20.1 Å². The number of benzene rings is 3. The van der Waals surface area contributed by atoms with E-state index in [2.05, 4.69) is 49.3 Å². The first kappa shape index (κ1) is 16.4. The number of likely N-dealkylation sites (N-methyl/N-ethyl adjacent to an activating group) is 1. The molecule has 1 aliphatic rings. The van der Waals surface area contributed by atoms with E-state index in [-0.39, 0.29) is 0 Å². The second-order valence-corrected chi connectivity index (χ2v) is 6.12. The van der Waals surface area contributed by atoms with Crippen molar-refractivity contribution in [3.63, 3.8) is 0 Å². The predicted molar refractivity (Wildman–Crippen MR) is 105 cm³/mol. The number of hydrogen-bond donors (Lipinski definition) is 2. The van der Waals surface area contributed by atoms with Gasteiger partial charge in [0.25, 0.3) is 0 Å². The molecule has 3 aromatic carbocycles. The number of anilines is 1. The van der Waals surface area contributed by atoms with E-state index >= 15 is 0 Å². The molecule has 4 rings (SSSR count). The molecule has 0 aromatic heterocycles. The Morgan fingerprint density at radius 3 is 2.73 bits per heavy atom. The van der Waals surface area contributed by atoms with Gasteiger partial charge in [-0.25, -0.2) is 0 Å². The van der Waals surface area contributed by atoms with E-state index in [1.165, 1.54) is 0 Å². The van der Waals surface area contributed by atoms with Crippen LogP contribution in [0.2, 0.25) is 0 Å². The van der Waals surface area contributed by atoms with Crippen LogP contribution in [0.25, 0.3) is 10.8 Å². The van der Waals surface area contributed by atoms with Crippen molar-refractivity contribution in [2.24, 2.45) is 20.5 Å². The number of azo groups is 2. The highest BCUT2D eigenvalue weighted by molar-refractivity contribution is 6.00. The third kappa shape index (κ3) is 3.32. The van der Waals surface area contributed by atoms with Gasteiger partial charge in [0, 0.05) is 35.1 Å². The van der Waals surface area contributed by atoms with Crippen molar-refractivity contribution in [1.29, 1.82) is 0 Å². The lowest BCUT2D eigenvalue weighted by Gasteiger charge is -2.11. The molecule has 0 saturated heterocycles. The summed E-state index contributed by atoms with van der Waals surface area (Å²) >= 11 is 0. The molecule has 26 heavy (non-hydrogen) atoms. The molecule has 130 valence electrons. The summed E-state index contributed by atoms with van der Waals surface area (Å²) in [6.07, 6.45) is 0. The molecule has 2 N–H and O–H groups in total. The Hall–Kier alpha value is -3.12. The minimum atomic E-state index is 0.652. The molecule has 0 radical (unpaired) electrons. The quantitative estimate of drug-likeness (QED) is 0.459. The van der Waals surface area contributed by atoms with E-state index in [4.69, 9.17) is 0 Å². The molecule has 1 aliphatic heterocycles. The summed E-state index contributed by atoms with van der Waals surface area (Å²) in [6, 6.07) is 18.2. The Morgan fingerprint density at radius 1 is 0.962 bits per heavy atom. The molecular formula is C20H20N6. The molecule has 1 heterocycles. The fraction of sp³-hybridized carbons (Fsp3) is 0.200. The Kier molecular flexibility index (Phi) is 4.66. The average Bonchev–Trinajstić information content (AvgIpc) is 3.15.